The second-order valence-corrected chi connectivity index (χ2v) is 6.60. The summed E-state index contributed by atoms with van der Waals surface area (Å²) in [6, 6.07) is 13.7. The molecule has 0 bridgehead atoms. The topological polar surface area (TPSA) is 84.0 Å². The number of aryl methyl sites for hydroxylation is 1. The highest BCUT2D eigenvalue weighted by Crippen LogP contribution is 2.28. The number of amides is 3. The minimum Gasteiger partial charge on any atom is -0.329 e. The van der Waals surface area contributed by atoms with Crippen LogP contribution in [-0.2, 0) is 14.4 Å². The fourth-order valence-electron chi connectivity index (χ4n) is 3.33. The van der Waals surface area contributed by atoms with Crippen LogP contribution in [0.3, 0.4) is 0 Å². The highest BCUT2D eigenvalue weighted by molar-refractivity contribution is 6.21. The molecule has 0 aromatic heterocycles. The van der Waals surface area contributed by atoms with Crippen molar-refractivity contribution in [3.63, 3.8) is 0 Å². The zero-order chi connectivity index (χ0) is 19.1. The van der Waals surface area contributed by atoms with E-state index >= 15 is 0 Å². The molecule has 2 aliphatic heterocycles. The molecule has 0 saturated carbocycles. The summed E-state index contributed by atoms with van der Waals surface area (Å²) in [5.41, 5.74) is 2.09. The predicted octanol–water partition coefficient (Wildman–Crippen LogP) is 2.10. The summed E-state index contributed by atoms with van der Waals surface area (Å²) in [5.74, 6) is -3.08. The first-order valence-electron chi connectivity index (χ1n) is 8.52. The lowest BCUT2D eigenvalue weighted by Crippen LogP contribution is -2.36. The lowest BCUT2D eigenvalue weighted by molar-refractivity contribution is -0.173. The summed E-state index contributed by atoms with van der Waals surface area (Å²) in [5, 5.41) is 0.479. The van der Waals surface area contributed by atoms with Crippen LogP contribution in [0.25, 0.3) is 0 Å². The zero-order valence-electron chi connectivity index (χ0n) is 14.5. The fraction of sp³-hybridized carbons (Fsp3) is 0.200. The molecule has 2 aromatic rings. The van der Waals surface area contributed by atoms with Crippen molar-refractivity contribution in [1.29, 1.82) is 0 Å². The Hall–Kier alpha value is -3.48. The normalized spacial score (nSPS) is 18.9. The molecule has 7 heteroatoms. The smallest absolute Gasteiger partial charge is 0.329 e. The summed E-state index contributed by atoms with van der Waals surface area (Å²) in [4.78, 5) is 56.0. The van der Waals surface area contributed by atoms with Crippen LogP contribution < -0.4 is 4.90 Å². The lowest BCUT2D eigenvalue weighted by atomic mass is 10.1. The first-order chi connectivity index (χ1) is 13.0. The van der Waals surface area contributed by atoms with Crippen LogP contribution in [0.5, 0.6) is 0 Å². The average Bonchev–Trinajstić information content (AvgIpc) is 3.16. The van der Waals surface area contributed by atoms with E-state index in [1.54, 1.807) is 18.2 Å². The number of imide groups is 1. The number of carbonyl (C=O) groups excluding carboxylic acids is 4. The highest BCUT2D eigenvalue weighted by Gasteiger charge is 2.42. The van der Waals surface area contributed by atoms with Gasteiger partial charge in [0, 0.05) is 18.7 Å². The first kappa shape index (κ1) is 17.0. The van der Waals surface area contributed by atoms with E-state index in [2.05, 4.69) is 0 Å². The second kappa shape index (κ2) is 6.35. The Morgan fingerprint density at radius 1 is 1.00 bits per heavy atom. The number of hydrogen-bond donors (Lipinski definition) is 0. The number of anilines is 1. The van der Waals surface area contributed by atoms with Gasteiger partial charge >= 0.3 is 5.97 Å². The Labute approximate surface area is 155 Å². The monoisotopic (exact) mass is 364 g/mol. The number of nitrogens with zero attached hydrogens (tertiary/aromatic N) is 2. The molecule has 27 heavy (non-hydrogen) atoms. The number of rotatable bonds is 3. The molecule has 2 aromatic carbocycles. The minimum atomic E-state index is -0.770. The van der Waals surface area contributed by atoms with E-state index in [1.807, 2.05) is 25.1 Å². The molecule has 2 aliphatic rings. The minimum absolute atomic E-state index is 0.0318. The summed E-state index contributed by atoms with van der Waals surface area (Å²) in [6.07, 6.45) is -0.0318. The van der Waals surface area contributed by atoms with Crippen molar-refractivity contribution in [2.24, 2.45) is 5.92 Å². The number of fused-ring (bicyclic) bond motifs is 1. The van der Waals surface area contributed by atoms with E-state index < -0.39 is 23.7 Å². The van der Waals surface area contributed by atoms with Gasteiger partial charge in [-0.1, -0.05) is 29.3 Å². The van der Waals surface area contributed by atoms with Crippen LogP contribution in [0.15, 0.2) is 48.5 Å². The van der Waals surface area contributed by atoms with Gasteiger partial charge in [0.15, 0.2) is 0 Å². The molecule has 2 heterocycles. The summed E-state index contributed by atoms with van der Waals surface area (Å²) < 4.78 is 0. The van der Waals surface area contributed by atoms with Gasteiger partial charge in [-0.15, -0.1) is 0 Å². The lowest BCUT2D eigenvalue weighted by Gasteiger charge is -2.18. The summed E-state index contributed by atoms with van der Waals surface area (Å²) in [6.45, 7) is 2.06. The Bertz CT molecular complexity index is 949. The molecule has 1 saturated heterocycles. The van der Waals surface area contributed by atoms with Crippen LogP contribution in [-0.4, -0.2) is 35.3 Å². The average molecular weight is 364 g/mol. The van der Waals surface area contributed by atoms with E-state index in [0.717, 1.165) is 5.56 Å². The van der Waals surface area contributed by atoms with E-state index in [9.17, 15) is 19.2 Å². The first-order valence-corrected chi connectivity index (χ1v) is 8.52. The van der Waals surface area contributed by atoms with Gasteiger partial charge in [-0.2, -0.15) is 0 Å². The Balaban J connectivity index is 1.48. The molecular weight excluding hydrogens is 348 g/mol. The number of hydroxylamine groups is 2. The maximum absolute atomic E-state index is 12.5. The molecule has 1 fully saturated rings. The van der Waals surface area contributed by atoms with Crippen molar-refractivity contribution in [2.75, 3.05) is 11.4 Å². The molecule has 1 unspecified atom stereocenters. The van der Waals surface area contributed by atoms with Crippen LogP contribution >= 0.6 is 0 Å². The highest BCUT2D eigenvalue weighted by atomic mass is 16.7. The molecule has 0 spiro atoms. The molecule has 0 N–H and O–H groups in total. The van der Waals surface area contributed by atoms with E-state index in [0.29, 0.717) is 10.8 Å². The van der Waals surface area contributed by atoms with E-state index in [-0.39, 0.29) is 30.0 Å². The van der Waals surface area contributed by atoms with Crippen LogP contribution in [0, 0.1) is 12.8 Å². The molecule has 7 nitrogen and oxygen atoms in total. The second-order valence-electron chi connectivity index (χ2n) is 6.60. The van der Waals surface area contributed by atoms with Crippen molar-refractivity contribution < 1.29 is 24.0 Å². The molecule has 0 radical (unpaired) electrons. The van der Waals surface area contributed by atoms with Gasteiger partial charge in [-0.3, -0.25) is 14.4 Å². The third-order valence-corrected chi connectivity index (χ3v) is 4.71. The summed E-state index contributed by atoms with van der Waals surface area (Å²) >= 11 is 0. The maximum Gasteiger partial charge on any atom is 0.338 e. The van der Waals surface area contributed by atoms with Gasteiger partial charge < -0.3 is 9.74 Å². The SMILES string of the molecule is Cc1cccc(N2CC(C(=O)ON3C(=O)c4ccccc4C3=O)CC2=O)c1. The van der Waals surface area contributed by atoms with Crippen LogP contribution in [0.1, 0.15) is 32.7 Å². The third kappa shape index (κ3) is 2.87. The van der Waals surface area contributed by atoms with Crippen molar-refractivity contribution in [1.82, 2.24) is 5.06 Å². The van der Waals surface area contributed by atoms with Crippen molar-refractivity contribution >= 4 is 29.4 Å². The van der Waals surface area contributed by atoms with Gasteiger partial charge in [0.2, 0.25) is 5.91 Å². The Morgan fingerprint density at radius 3 is 2.30 bits per heavy atom. The Kier molecular flexibility index (Phi) is 3.99. The van der Waals surface area contributed by atoms with Gasteiger partial charge in [-0.25, -0.2) is 4.79 Å². The molecule has 1 atom stereocenters. The van der Waals surface area contributed by atoms with Crippen molar-refractivity contribution in [3.05, 3.63) is 65.2 Å². The van der Waals surface area contributed by atoms with Gasteiger partial charge in [0.1, 0.15) is 0 Å². The zero-order valence-corrected chi connectivity index (χ0v) is 14.5. The number of carbonyl (C=O) groups is 4. The largest absolute Gasteiger partial charge is 0.338 e. The van der Waals surface area contributed by atoms with E-state index in [4.69, 9.17) is 4.84 Å². The standard InChI is InChI=1S/C20H16N2O5/c1-12-5-4-6-14(9-12)21-11-13(10-17(21)23)20(26)27-22-18(24)15-7-2-3-8-16(15)19(22)25/h2-9,13H,10-11H2,1H3. The maximum atomic E-state index is 12.5. The fourth-order valence-corrected chi connectivity index (χ4v) is 3.33. The van der Waals surface area contributed by atoms with Crippen molar-refractivity contribution in [2.45, 2.75) is 13.3 Å². The van der Waals surface area contributed by atoms with E-state index in [1.165, 1.54) is 17.0 Å². The Morgan fingerprint density at radius 2 is 1.67 bits per heavy atom. The molecule has 3 amide bonds. The van der Waals surface area contributed by atoms with Crippen LogP contribution in [0.4, 0.5) is 5.69 Å². The predicted molar refractivity (Wildman–Crippen MR) is 94.7 cm³/mol. The molecular formula is C20H16N2O5. The summed E-state index contributed by atoms with van der Waals surface area (Å²) in [7, 11) is 0. The van der Waals surface area contributed by atoms with Gasteiger partial charge in [0.05, 0.1) is 17.0 Å². The number of hydrogen-bond acceptors (Lipinski definition) is 5. The van der Waals surface area contributed by atoms with Gasteiger partial charge in [-0.05, 0) is 36.8 Å². The molecule has 0 aliphatic carbocycles. The quantitative estimate of drug-likeness (QED) is 0.779. The van der Waals surface area contributed by atoms with Crippen molar-refractivity contribution in [3.8, 4) is 0 Å². The molecule has 4 rings (SSSR count). The van der Waals surface area contributed by atoms with Gasteiger partial charge in [0.25, 0.3) is 11.8 Å². The number of benzene rings is 2. The van der Waals surface area contributed by atoms with Crippen LogP contribution in [0.2, 0.25) is 0 Å². The molecule has 136 valence electrons. The third-order valence-electron chi connectivity index (χ3n) is 4.71.